The summed E-state index contributed by atoms with van der Waals surface area (Å²) in [5.74, 6) is 0.918. The molecular formula is C25H39NO5. The lowest BCUT2D eigenvalue weighted by molar-refractivity contribution is -0.251. The van der Waals surface area contributed by atoms with Gasteiger partial charge in [-0.3, -0.25) is 9.79 Å². The Morgan fingerprint density at radius 3 is 2.68 bits per heavy atom. The largest absolute Gasteiger partial charge is 0.487 e. The van der Waals surface area contributed by atoms with Gasteiger partial charge in [-0.15, -0.1) is 0 Å². The fraction of sp³-hybridized carbons (Fsp3) is 0.640. The van der Waals surface area contributed by atoms with Crippen LogP contribution in [0.3, 0.4) is 0 Å². The topological polar surface area (TPSA) is 68.2 Å². The van der Waals surface area contributed by atoms with E-state index in [1.165, 1.54) is 7.11 Å². The number of hydrogen-bond donors (Lipinski definition) is 1. The summed E-state index contributed by atoms with van der Waals surface area (Å²) in [7, 11) is 1.32. The molecule has 6 nitrogen and oxygen atoms in total. The van der Waals surface area contributed by atoms with Crippen molar-refractivity contribution in [2.45, 2.75) is 71.6 Å². The van der Waals surface area contributed by atoms with E-state index in [4.69, 9.17) is 9.62 Å². The third-order valence-corrected chi connectivity index (χ3v) is 5.88. The minimum absolute atomic E-state index is 0.0639. The zero-order chi connectivity index (χ0) is 22.6. The lowest BCUT2D eigenvalue weighted by atomic mass is 9.95. The first-order chi connectivity index (χ1) is 15.0. The fourth-order valence-electron chi connectivity index (χ4n) is 3.66. The van der Waals surface area contributed by atoms with Gasteiger partial charge in [-0.05, 0) is 43.6 Å². The molecular weight excluding hydrogens is 394 g/mol. The quantitative estimate of drug-likeness (QED) is 0.150. The van der Waals surface area contributed by atoms with Crippen LogP contribution in [0.2, 0.25) is 0 Å². The lowest BCUT2D eigenvalue weighted by Crippen LogP contribution is -2.56. The fourth-order valence-corrected chi connectivity index (χ4v) is 3.66. The molecule has 3 atom stereocenters. The van der Waals surface area contributed by atoms with Gasteiger partial charge in [0.15, 0.2) is 0 Å². The molecule has 6 heteroatoms. The second-order valence-electron chi connectivity index (χ2n) is 8.44. The molecule has 0 aromatic heterocycles. The molecule has 1 saturated heterocycles. The molecule has 3 unspecified atom stereocenters. The van der Waals surface area contributed by atoms with Crippen LogP contribution in [0.1, 0.15) is 59.3 Å². The van der Waals surface area contributed by atoms with Gasteiger partial charge < -0.3 is 9.84 Å². The van der Waals surface area contributed by atoms with E-state index in [1.807, 2.05) is 17.9 Å². The van der Waals surface area contributed by atoms with E-state index in [9.17, 15) is 9.90 Å². The van der Waals surface area contributed by atoms with E-state index in [2.05, 4.69) is 49.1 Å². The van der Waals surface area contributed by atoms with Crippen LogP contribution < -0.4 is 0 Å². The number of carbonyl (C=O) groups is 1. The highest BCUT2D eigenvalue weighted by atomic mass is 17.2. The van der Waals surface area contributed by atoms with Crippen molar-refractivity contribution in [3.63, 3.8) is 0 Å². The average Bonchev–Trinajstić information content (AvgIpc) is 2.75. The first-order valence-electron chi connectivity index (χ1n) is 11.6. The summed E-state index contributed by atoms with van der Waals surface area (Å²) in [4.78, 5) is 23.8. The Balaban J connectivity index is 1.95. The molecule has 1 N–H and O–H groups in total. The van der Waals surface area contributed by atoms with Gasteiger partial charge in [0.25, 0.3) is 0 Å². The molecule has 1 fully saturated rings. The molecule has 0 saturated carbocycles. The Morgan fingerprint density at radius 2 is 2.06 bits per heavy atom. The van der Waals surface area contributed by atoms with Gasteiger partial charge in [0.05, 0.1) is 12.7 Å². The predicted octanol–water partition coefficient (Wildman–Crippen LogP) is 4.68. The summed E-state index contributed by atoms with van der Waals surface area (Å²) in [5.41, 5.74) is 0.486. The Labute approximate surface area is 187 Å². The summed E-state index contributed by atoms with van der Waals surface area (Å²) < 4.78 is 6.20. The monoisotopic (exact) mass is 433 g/mol. The minimum atomic E-state index is -0.515. The standard InChI is InChI=1S/C25H39NO5/c1-5-10-22(25(28)31-29-4)23(15-13-19(3)6-2)30-21-17-26(18-21)24(27)16-14-20-11-8-7-9-12-20/h7-9,11,13,15,19-21,24,27H,5-6,10,12,14,16-18H2,1-4H3/b15-13-,23-22-. The van der Waals surface area contributed by atoms with Crippen molar-refractivity contribution >= 4 is 5.97 Å². The Hall–Kier alpha value is -1.89. The zero-order valence-corrected chi connectivity index (χ0v) is 19.5. The van der Waals surface area contributed by atoms with Crippen LogP contribution >= 0.6 is 0 Å². The number of nitrogens with zero attached hydrogens (tertiary/aromatic N) is 1. The second-order valence-corrected chi connectivity index (χ2v) is 8.44. The predicted molar refractivity (Wildman–Crippen MR) is 122 cm³/mol. The minimum Gasteiger partial charge on any atom is -0.487 e. The van der Waals surface area contributed by atoms with Gasteiger partial charge in [0, 0.05) is 13.1 Å². The SMILES string of the molecule is CCC/C(C(=O)OOC)=C(\C=C/C(C)CC)OC1CN(C(O)CCC2C=CC=CC2)C1. The van der Waals surface area contributed by atoms with Crippen molar-refractivity contribution in [2.75, 3.05) is 20.2 Å². The van der Waals surface area contributed by atoms with Crippen LogP contribution in [0.5, 0.6) is 0 Å². The number of likely N-dealkylation sites (tertiary alicyclic amines) is 1. The Morgan fingerprint density at radius 1 is 1.29 bits per heavy atom. The molecule has 1 heterocycles. The highest BCUT2D eigenvalue weighted by molar-refractivity contribution is 5.89. The molecule has 0 bridgehead atoms. The van der Waals surface area contributed by atoms with Crippen LogP contribution in [-0.2, 0) is 19.3 Å². The number of carbonyl (C=O) groups excluding carboxylic acids is 1. The van der Waals surface area contributed by atoms with Crippen LogP contribution in [0.25, 0.3) is 0 Å². The van der Waals surface area contributed by atoms with Crippen LogP contribution in [-0.4, -0.2) is 48.5 Å². The smallest absolute Gasteiger partial charge is 0.372 e. The normalized spacial score (nSPS) is 22.2. The number of hydrogen-bond acceptors (Lipinski definition) is 6. The summed E-state index contributed by atoms with van der Waals surface area (Å²) in [5, 5.41) is 10.5. The van der Waals surface area contributed by atoms with Gasteiger partial charge in [-0.2, -0.15) is 4.89 Å². The molecule has 174 valence electrons. The van der Waals surface area contributed by atoms with Gasteiger partial charge in [0.1, 0.15) is 18.1 Å². The van der Waals surface area contributed by atoms with E-state index >= 15 is 0 Å². The number of aliphatic hydroxyl groups excluding tert-OH is 1. The van der Waals surface area contributed by atoms with E-state index in [-0.39, 0.29) is 6.10 Å². The molecule has 0 amide bonds. The van der Waals surface area contributed by atoms with Crippen molar-refractivity contribution in [3.05, 3.63) is 47.8 Å². The maximum atomic E-state index is 12.4. The van der Waals surface area contributed by atoms with Gasteiger partial charge in [-0.1, -0.05) is 64.0 Å². The third-order valence-electron chi connectivity index (χ3n) is 5.88. The number of allylic oxidation sites excluding steroid dienone is 6. The first kappa shape index (κ1) is 25.4. The maximum absolute atomic E-state index is 12.4. The van der Waals surface area contributed by atoms with E-state index in [0.717, 1.165) is 32.1 Å². The van der Waals surface area contributed by atoms with E-state index < -0.39 is 12.2 Å². The highest BCUT2D eigenvalue weighted by Gasteiger charge is 2.34. The van der Waals surface area contributed by atoms with Crippen LogP contribution in [0.15, 0.2) is 47.8 Å². The summed E-state index contributed by atoms with van der Waals surface area (Å²) >= 11 is 0. The maximum Gasteiger partial charge on any atom is 0.372 e. The van der Waals surface area contributed by atoms with Gasteiger partial charge in [0.2, 0.25) is 0 Å². The van der Waals surface area contributed by atoms with E-state index in [0.29, 0.717) is 42.7 Å². The Kier molecular flexibility index (Phi) is 11.1. The van der Waals surface area contributed by atoms with Gasteiger partial charge >= 0.3 is 5.97 Å². The van der Waals surface area contributed by atoms with Crippen molar-refractivity contribution in [3.8, 4) is 0 Å². The second kappa shape index (κ2) is 13.5. The molecule has 1 aliphatic heterocycles. The summed E-state index contributed by atoms with van der Waals surface area (Å²) in [6.45, 7) is 7.53. The molecule has 2 rings (SSSR count). The lowest BCUT2D eigenvalue weighted by Gasteiger charge is -2.42. The first-order valence-corrected chi connectivity index (χ1v) is 11.6. The summed E-state index contributed by atoms with van der Waals surface area (Å²) in [6.07, 6.45) is 17.1. The van der Waals surface area contributed by atoms with Crippen molar-refractivity contribution in [2.24, 2.45) is 11.8 Å². The molecule has 1 aliphatic carbocycles. The van der Waals surface area contributed by atoms with Crippen molar-refractivity contribution in [1.82, 2.24) is 4.90 Å². The average molecular weight is 434 g/mol. The van der Waals surface area contributed by atoms with Crippen molar-refractivity contribution < 1.29 is 24.4 Å². The molecule has 0 spiro atoms. The van der Waals surface area contributed by atoms with Crippen molar-refractivity contribution in [1.29, 1.82) is 0 Å². The molecule has 31 heavy (non-hydrogen) atoms. The zero-order valence-electron chi connectivity index (χ0n) is 19.5. The molecule has 2 aliphatic rings. The number of aliphatic hydroxyl groups is 1. The summed E-state index contributed by atoms with van der Waals surface area (Å²) in [6, 6.07) is 0. The van der Waals surface area contributed by atoms with E-state index in [1.54, 1.807) is 0 Å². The third kappa shape index (κ3) is 8.28. The number of rotatable bonds is 13. The Bertz CT molecular complexity index is 675. The van der Waals surface area contributed by atoms with Crippen LogP contribution in [0, 0.1) is 11.8 Å². The highest BCUT2D eigenvalue weighted by Crippen LogP contribution is 2.26. The molecule has 0 aromatic carbocycles. The number of ether oxygens (including phenoxy) is 1. The van der Waals surface area contributed by atoms with Gasteiger partial charge in [-0.25, -0.2) is 4.79 Å². The van der Waals surface area contributed by atoms with Crippen LogP contribution in [0.4, 0.5) is 0 Å². The molecule has 0 radical (unpaired) electrons. The molecule has 0 aromatic rings.